The number of rotatable bonds is 8. The highest BCUT2D eigenvalue weighted by Gasteiger charge is 2.14. The van der Waals surface area contributed by atoms with Crippen LogP contribution in [0.25, 0.3) is 0 Å². The Morgan fingerprint density at radius 3 is 2.09 bits per heavy atom. The van der Waals surface area contributed by atoms with Crippen LogP contribution in [-0.2, 0) is 9.53 Å². The molecule has 1 N–H and O–H groups in total. The molecule has 0 fully saturated rings. The van der Waals surface area contributed by atoms with Crippen molar-refractivity contribution in [1.82, 2.24) is 0 Å². The highest BCUT2D eigenvalue weighted by atomic mass is 16.5. The molecular formula is C27H25NO6. The summed E-state index contributed by atoms with van der Waals surface area (Å²) >= 11 is 0. The Morgan fingerprint density at radius 1 is 0.794 bits per heavy atom. The van der Waals surface area contributed by atoms with Crippen LogP contribution in [0.5, 0.6) is 5.75 Å². The fraction of sp³-hybridized carbons (Fsp3) is 0.185. The molecule has 0 aliphatic rings. The van der Waals surface area contributed by atoms with Gasteiger partial charge in [-0.1, -0.05) is 37.6 Å². The maximum atomic E-state index is 12.4. The molecule has 0 saturated heterocycles. The Kier molecular flexibility index (Phi) is 7.92. The number of carbonyl (C=O) groups excluding carboxylic acids is 4. The summed E-state index contributed by atoms with van der Waals surface area (Å²) in [5.74, 6) is -1.68. The van der Waals surface area contributed by atoms with E-state index in [4.69, 9.17) is 9.47 Å². The zero-order valence-corrected chi connectivity index (χ0v) is 19.2. The van der Waals surface area contributed by atoms with Crippen LogP contribution in [0.2, 0.25) is 0 Å². The van der Waals surface area contributed by atoms with Crippen molar-refractivity contribution in [3.63, 3.8) is 0 Å². The third-order valence-corrected chi connectivity index (χ3v) is 4.90. The third kappa shape index (κ3) is 6.62. The lowest BCUT2D eigenvalue weighted by molar-refractivity contribution is -0.118. The molecule has 7 heteroatoms. The minimum Gasteiger partial charge on any atom is -0.454 e. The molecule has 7 nitrogen and oxygen atoms in total. The Hall–Kier alpha value is -4.26. The van der Waals surface area contributed by atoms with Crippen LogP contribution in [0.1, 0.15) is 50.5 Å². The number of ether oxygens (including phenoxy) is 2. The molecule has 0 bridgehead atoms. The topological polar surface area (TPSA) is 98.8 Å². The van der Waals surface area contributed by atoms with Crippen LogP contribution in [0, 0.1) is 12.8 Å². The van der Waals surface area contributed by atoms with Crippen molar-refractivity contribution in [2.45, 2.75) is 20.8 Å². The number of amides is 1. The van der Waals surface area contributed by atoms with Gasteiger partial charge in [-0.25, -0.2) is 9.59 Å². The summed E-state index contributed by atoms with van der Waals surface area (Å²) in [7, 11) is 0. The van der Waals surface area contributed by atoms with E-state index in [0.29, 0.717) is 22.6 Å². The van der Waals surface area contributed by atoms with E-state index in [-0.39, 0.29) is 17.4 Å². The first kappa shape index (κ1) is 24.4. The molecular weight excluding hydrogens is 434 g/mol. The van der Waals surface area contributed by atoms with Crippen molar-refractivity contribution in [3.05, 3.63) is 95.1 Å². The highest BCUT2D eigenvalue weighted by molar-refractivity contribution is 6.00. The summed E-state index contributed by atoms with van der Waals surface area (Å²) in [6.45, 7) is 5.00. The van der Waals surface area contributed by atoms with Gasteiger partial charge in [0.05, 0.1) is 11.1 Å². The van der Waals surface area contributed by atoms with Gasteiger partial charge in [0, 0.05) is 17.2 Å². The van der Waals surface area contributed by atoms with E-state index < -0.39 is 24.3 Å². The minimum atomic E-state index is -0.683. The summed E-state index contributed by atoms with van der Waals surface area (Å²) in [4.78, 5) is 48.8. The van der Waals surface area contributed by atoms with Crippen molar-refractivity contribution >= 4 is 29.3 Å². The molecule has 3 rings (SSSR count). The molecule has 3 aromatic carbocycles. The van der Waals surface area contributed by atoms with Gasteiger partial charge in [-0.05, 0) is 61.5 Å². The second kappa shape index (κ2) is 11.0. The van der Waals surface area contributed by atoms with Crippen LogP contribution in [0.4, 0.5) is 5.69 Å². The number of Topliss-reactive ketones (excluding diaryl/α,β-unsaturated/α-hetero) is 1. The van der Waals surface area contributed by atoms with Gasteiger partial charge in [0.15, 0.2) is 12.4 Å². The number of esters is 2. The second-order valence-corrected chi connectivity index (χ2v) is 8.00. The van der Waals surface area contributed by atoms with Gasteiger partial charge in [0.2, 0.25) is 5.91 Å². The Labute approximate surface area is 197 Å². The third-order valence-electron chi connectivity index (χ3n) is 4.90. The van der Waals surface area contributed by atoms with Crippen molar-refractivity contribution in [2.24, 2.45) is 5.92 Å². The Morgan fingerprint density at radius 2 is 1.44 bits per heavy atom. The summed E-state index contributed by atoms with van der Waals surface area (Å²) < 4.78 is 10.4. The van der Waals surface area contributed by atoms with Crippen LogP contribution in [-0.4, -0.2) is 30.2 Å². The smallest absolute Gasteiger partial charge is 0.343 e. The molecule has 0 heterocycles. The first-order valence-corrected chi connectivity index (χ1v) is 10.7. The monoisotopic (exact) mass is 459 g/mol. The number of benzene rings is 3. The molecule has 0 spiro atoms. The van der Waals surface area contributed by atoms with E-state index in [9.17, 15) is 19.2 Å². The van der Waals surface area contributed by atoms with Crippen LogP contribution >= 0.6 is 0 Å². The summed E-state index contributed by atoms with van der Waals surface area (Å²) in [6.07, 6.45) is 0. The average Bonchev–Trinajstić information content (AvgIpc) is 2.83. The molecule has 0 unspecified atom stereocenters. The zero-order valence-electron chi connectivity index (χ0n) is 19.2. The fourth-order valence-electron chi connectivity index (χ4n) is 2.87. The van der Waals surface area contributed by atoms with Crippen LogP contribution in [0.15, 0.2) is 72.8 Å². The quantitative estimate of drug-likeness (QED) is 0.294. The van der Waals surface area contributed by atoms with E-state index in [1.165, 1.54) is 36.4 Å². The van der Waals surface area contributed by atoms with E-state index >= 15 is 0 Å². The van der Waals surface area contributed by atoms with Gasteiger partial charge in [-0.3, -0.25) is 9.59 Å². The van der Waals surface area contributed by atoms with E-state index in [2.05, 4.69) is 5.32 Å². The maximum Gasteiger partial charge on any atom is 0.343 e. The molecule has 0 atom stereocenters. The molecule has 0 radical (unpaired) electrons. The molecule has 3 aromatic rings. The highest BCUT2D eigenvalue weighted by Crippen LogP contribution is 2.16. The Bertz CT molecular complexity index is 1200. The predicted molar refractivity (Wildman–Crippen MR) is 127 cm³/mol. The van der Waals surface area contributed by atoms with E-state index in [1.54, 1.807) is 38.1 Å². The number of ketones is 1. The number of anilines is 1. The van der Waals surface area contributed by atoms with Crippen molar-refractivity contribution < 1.29 is 28.7 Å². The largest absolute Gasteiger partial charge is 0.454 e. The Balaban J connectivity index is 1.54. The van der Waals surface area contributed by atoms with Gasteiger partial charge in [0.25, 0.3) is 0 Å². The molecule has 0 saturated carbocycles. The molecule has 1 amide bonds. The standard InChI is InChI=1S/C27H25NO6/c1-17(2)25(30)28-22-6-4-5-21(15-22)26(31)33-16-24(29)19-11-13-23(14-12-19)34-27(32)20-9-7-18(3)8-10-20/h4-15,17H,16H2,1-3H3,(H,28,30). The minimum absolute atomic E-state index is 0.173. The maximum absolute atomic E-state index is 12.4. The molecule has 34 heavy (non-hydrogen) atoms. The van der Waals surface area contributed by atoms with E-state index in [0.717, 1.165) is 5.56 Å². The first-order valence-electron chi connectivity index (χ1n) is 10.7. The lowest BCUT2D eigenvalue weighted by atomic mass is 10.1. The number of hydrogen-bond donors (Lipinski definition) is 1. The molecule has 0 aliphatic heterocycles. The predicted octanol–water partition coefficient (Wildman–Crippen LogP) is 4.85. The lowest BCUT2D eigenvalue weighted by Gasteiger charge is -2.09. The molecule has 0 aliphatic carbocycles. The number of nitrogens with one attached hydrogen (secondary N) is 1. The van der Waals surface area contributed by atoms with Crippen molar-refractivity contribution in [1.29, 1.82) is 0 Å². The summed E-state index contributed by atoms with van der Waals surface area (Å²) in [5, 5.41) is 2.71. The van der Waals surface area contributed by atoms with Crippen LogP contribution in [0.3, 0.4) is 0 Å². The van der Waals surface area contributed by atoms with Gasteiger partial charge >= 0.3 is 11.9 Å². The van der Waals surface area contributed by atoms with Gasteiger partial charge in [-0.15, -0.1) is 0 Å². The van der Waals surface area contributed by atoms with Gasteiger partial charge < -0.3 is 14.8 Å². The lowest BCUT2D eigenvalue weighted by Crippen LogP contribution is -2.18. The van der Waals surface area contributed by atoms with Gasteiger partial charge in [-0.2, -0.15) is 0 Å². The van der Waals surface area contributed by atoms with Crippen molar-refractivity contribution in [2.75, 3.05) is 11.9 Å². The zero-order chi connectivity index (χ0) is 24.7. The molecule has 174 valence electrons. The molecule has 0 aromatic heterocycles. The normalized spacial score (nSPS) is 10.5. The fourth-order valence-corrected chi connectivity index (χ4v) is 2.87. The summed E-state index contributed by atoms with van der Waals surface area (Å²) in [5.41, 5.74) is 2.44. The number of aryl methyl sites for hydroxylation is 1. The van der Waals surface area contributed by atoms with Gasteiger partial charge in [0.1, 0.15) is 5.75 Å². The van der Waals surface area contributed by atoms with E-state index in [1.807, 2.05) is 19.1 Å². The SMILES string of the molecule is Cc1ccc(C(=O)Oc2ccc(C(=O)COC(=O)c3cccc(NC(=O)C(C)C)c3)cc2)cc1. The average molecular weight is 459 g/mol. The van der Waals surface area contributed by atoms with Crippen molar-refractivity contribution in [3.8, 4) is 5.75 Å². The second-order valence-electron chi connectivity index (χ2n) is 8.00. The first-order chi connectivity index (χ1) is 16.2. The summed E-state index contributed by atoms with van der Waals surface area (Å²) in [6, 6.07) is 19.3. The number of carbonyl (C=O) groups is 4. The van der Waals surface area contributed by atoms with Crippen LogP contribution < -0.4 is 10.1 Å². The number of hydrogen-bond acceptors (Lipinski definition) is 6.